The minimum absolute atomic E-state index is 0.204. The standard InChI is InChI=1S/C19H30N4O2/c1-15(18(24)25-3)12-21-19(20-2)22-13-17-10-7-11-23(17)14-16-8-5-4-6-9-16/h4-6,8-9,15,17H,7,10-14H2,1-3H3,(H2,20,21,22). The Labute approximate surface area is 150 Å². The number of rotatable bonds is 7. The molecular formula is C19H30N4O2. The third kappa shape index (κ3) is 6.05. The largest absolute Gasteiger partial charge is 0.469 e. The van der Waals surface area contributed by atoms with Crippen molar-refractivity contribution in [3.8, 4) is 0 Å². The van der Waals surface area contributed by atoms with Crippen LogP contribution in [0.1, 0.15) is 25.3 Å². The van der Waals surface area contributed by atoms with Crippen LogP contribution in [0.4, 0.5) is 0 Å². The maximum Gasteiger partial charge on any atom is 0.310 e. The van der Waals surface area contributed by atoms with E-state index in [0.29, 0.717) is 12.6 Å². The number of carbonyl (C=O) groups is 1. The van der Waals surface area contributed by atoms with Gasteiger partial charge in [0.1, 0.15) is 0 Å². The Bertz CT molecular complexity index is 562. The average molecular weight is 346 g/mol. The van der Waals surface area contributed by atoms with E-state index in [-0.39, 0.29) is 11.9 Å². The van der Waals surface area contributed by atoms with E-state index < -0.39 is 0 Å². The second-order valence-electron chi connectivity index (χ2n) is 6.51. The zero-order valence-electron chi connectivity index (χ0n) is 15.5. The fourth-order valence-electron chi connectivity index (χ4n) is 3.12. The third-order valence-corrected chi connectivity index (χ3v) is 4.64. The first-order valence-corrected chi connectivity index (χ1v) is 8.94. The van der Waals surface area contributed by atoms with Crippen LogP contribution in [0.3, 0.4) is 0 Å². The van der Waals surface area contributed by atoms with E-state index in [4.69, 9.17) is 4.74 Å². The number of hydrogen-bond acceptors (Lipinski definition) is 4. The van der Waals surface area contributed by atoms with Gasteiger partial charge in [0.05, 0.1) is 13.0 Å². The lowest BCUT2D eigenvalue weighted by atomic mass is 10.2. The number of esters is 1. The quantitative estimate of drug-likeness (QED) is 0.446. The van der Waals surface area contributed by atoms with Gasteiger partial charge in [-0.25, -0.2) is 0 Å². The van der Waals surface area contributed by atoms with Gasteiger partial charge in [-0.1, -0.05) is 37.3 Å². The number of likely N-dealkylation sites (tertiary alicyclic amines) is 1. The first-order chi connectivity index (χ1) is 12.1. The second kappa shape index (κ2) is 10.0. The van der Waals surface area contributed by atoms with Gasteiger partial charge in [0.15, 0.2) is 5.96 Å². The van der Waals surface area contributed by atoms with E-state index in [0.717, 1.165) is 25.6 Å². The highest BCUT2D eigenvalue weighted by Crippen LogP contribution is 2.19. The molecule has 2 rings (SSSR count). The molecule has 0 amide bonds. The third-order valence-electron chi connectivity index (χ3n) is 4.64. The summed E-state index contributed by atoms with van der Waals surface area (Å²) in [6, 6.07) is 11.1. The van der Waals surface area contributed by atoms with Crippen LogP contribution in [-0.4, -0.2) is 56.7 Å². The predicted molar refractivity (Wildman–Crippen MR) is 100 cm³/mol. The monoisotopic (exact) mass is 346 g/mol. The molecule has 0 saturated carbocycles. The number of nitrogens with zero attached hydrogens (tertiary/aromatic N) is 2. The Morgan fingerprint density at radius 1 is 1.36 bits per heavy atom. The molecule has 6 nitrogen and oxygen atoms in total. The average Bonchev–Trinajstić information content (AvgIpc) is 3.08. The fraction of sp³-hybridized carbons (Fsp3) is 0.579. The Kier molecular flexibility index (Phi) is 7.73. The summed E-state index contributed by atoms with van der Waals surface area (Å²) in [4.78, 5) is 18.2. The van der Waals surface area contributed by atoms with Gasteiger partial charge >= 0.3 is 5.97 Å². The number of nitrogens with one attached hydrogen (secondary N) is 2. The highest BCUT2D eigenvalue weighted by atomic mass is 16.5. The number of methoxy groups -OCH3 is 1. The molecule has 1 fully saturated rings. The van der Waals surface area contributed by atoms with Gasteiger partial charge in [-0.15, -0.1) is 0 Å². The molecule has 1 heterocycles. The minimum Gasteiger partial charge on any atom is -0.469 e. The van der Waals surface area contributed by atoms with Crippen LogP contribution in [0.2, 0.25) is 0 Å². The van der Waals surface area contributed by atoms with Crippen molar-refractivity contribution >= 4 is 11.9 Å². The summed E-state index contributed by atoms with van der Waals surface area (Å²) in [5, 5.41) is 6.58. The summed E-state index contributed by atoms with van der Waals surface area (Å²) in [5.74, 6) is 0.305. The molecular weight excluding hydrogens is 316 g/mol. The fourth-order valence-corrected chi connectivity index (χ4v) is 3.12. The Morgan fingerprint density at radius 3 is 2.80 bits per heavy atom. The first-order valence-electron chi connectivity index (χ1n) is 8.94. The van der Waals surface area contributed by atoms with Crippen LogP contribution >= 0.6 is 0 Å². The topological polar surface area (TPSA) is 66.0 Å². The van der Waals surface area contributed by atoms with Crippen molar-refractivity contribution in [2.75, 3.05) is 33.8 Å². The van der Waals surface area contributed by atoms with Crippen molar-refractivity contribution in [1.82, 2.24) is 15.5 Å². The SMILES string of the molecule is CN=C(NCC(C)C(=O)OC)NCC1CCCN1Cc1ccccc1. The molecule has 0 aromatic heterocycles. The molecule has 0 bridgehead atoms. The van der Waals surface area contributed by atoms with Gasteiger partial charge < -0.3 is 15.4 Å². The number of hydrogen-bond donors (Lipinski definition) is 2. The molecule has 6 heteroatoms. The normalized spacial score (nSPS) is 19.5. The number of aliphatic imine (C=N–C) groups is 1. The van der Waals surface area contributed by atoms with Crippen LogP contribution in [0.15, 0.2) is 35.3 Å². The molecule has 25 heavy (non-hydrogen) atoms. The van der Waals surface area contributed by atoms with Crippen LogP contribution in [-0.2, 0) is 16.1 Å². The summed E-state index contributed by atoms with van der Waals surface area (Å²) < 4.78 is 4.74. The maximum absolute atomic E-state index is 11.5. The van der Waals surface area contributed by atoms with Crippen molar-refractivity contribution in [2.24, 2.45) is 10.9 Å². The number of guanidine groups is 1. The zero-order valence-corrected chi connectivity index (χ0v) is 15.5. The molecule has 2 atom stereocenters. The molecule has 1 saturated heterocycles. The molecule has 0 aliphatic carbocycles. The van der Waals surface area contributed by atoms with Gasteiger partial charge in [0, 0.05) is 32.7 Å². The highest BCUT2D eigenvalue weighted by Gasteiger charge is 2.24. The summed E-state index contributed by atoms with van der Waals surface area (Å²) >= 11 is 0. The van der Waals surface area contributed by atoms with E-state index >= 15 is 0 Å². The summed E-state index contributed by atoms with van der Waals surface area (Å²) in [6.45, 7) is 5.31. The number of carbonyl (C=O) groups excluding carboxylic acids is 1. The molecule has 1 aliphatic heterocycles. The molecule has 1 aromatic rings. The van der Waals surface area contributed by atoms with Crippen molar-refractivity contribution in [3.63, 3.8) is 0 Å². The van der Waals surface area contributed by atoms with Gasteiger partial charge in [-0.3, -0.25) is 14.7 Å². The maximum atomic E-state index is 11.5. The minimum atomic E-state index is -0.215. The van der Waals surface area contributed by atoms with E-state index in [1.54, 1.807) is 7.05 Å². The zero-order chi connectivity index (χ0) is 18.1. The summed E-state index contributed by atoms with van der Waals surface area (Å²) in [5.41, 5.74) is 1.35. The Balaban J connectivity index is 1.78. The number of benzene rings is 1. The molecule has 2 N–H and O–H groups in total. The highest BCUT2D eigenvalue weighted by molar-refractivity contribution is 5.80. The van der Waals surface area contributed by atoms with Crippen molar-refractivity contribution in [2.45, 2.75) is 32.4 Å². The lowest BCUT2D eigenvalue weighted by molar-refractivity contribution is -0.144. The molecule has 0 spiro atoms. The van der Waals surface area contributed by atoms with Gasteiger partial charge in [0.2, 0.25) is 0 Å². The first kappa shape index (κ1) is 19.2. The van der Waals surface area contributed by atoms with Gasteiger partial charge in [-0.2, -0.15) is 0 Å². The Morgan fingerprint density at radius 2 is 2.12 bits per heavy atom. The van der Waals surface area contributed by atoms with Gasteiger partial charge in [-0.05, 0) is 24.9 Å². The molecule has 2 unspecified atom stereocenters. The predicted octanol–water partition coefficient (Wildman–Crippen LogP) is 1.63. The lowest BCUT2D eigenvalue weighted by Gasteiger charge is -2.25. The van der Waals surface area contributed by atoms with Crippen LogP contribution < -0.4 is 10.6 Å². The molecule has 0 radical (unpaired) electrons. The van der Waals surface area contributed by atoms with E-state index in [2.05, 4.69) is 50.9 Å². The summed E-state index contributed by atoms with van der Waals surface area (Å²) in [7, 11) is 3.15. The smallest absolute Gasteiger partial charge is 0.310 e. The molecule has 1 aromatic carbocycles. The lowest BCUT2D eigenvalue weighted by Crippen LogP contribution is -2.46. The van der Waals surface area contributed by atoms with Crippen molar-refractivity contribution in [3.05, 3.63) is 35.9 Å². The van der Waals surface area contributed by atoms with Crippen molar-refractivity contribution in [1.29, 1.82) is 0 Å². The molecule has 138 valence electrons. The van der Waals surface area contributed by atoms with Crippen LogP contribution in [0.25, 0.3) is 0 Å². The van der Waals surface area contributed by atoms with E-state index in [9.17, 15) is 4.79 Å². The van der Waals surface area contributed by atoms with E-state index in [1.165, 1.54) is 25.5 Å². The Hall–Kier alpha value is -2.08. The second-order valence-corrected chi connectivity index (χ2v) is 6.51. The van der Waals surface area contributed by atoms with Gasteiger partial charge in [0.25, 0.3) is 0 Å². The van der Waals surface area contributed by atoms with Crippen LogP contribution in [0.5, 0.6) is 0 Å². The van der Waals surface area contributed by atoms with Crippen LogP contribution in [0, 0.1) is 5.92 Å². The van der Waals surface area contributed by atoms with Crippen molar-refractivity contribution < 1.29 is 9.53 Å². The number of ether oxygens (including phenoxy) is 1. The van der Waals surface area contributed by atoms with E-state index in [1.807, 2.05) is 6.92 Å². The molecule has 1 aliphatic rings. The summed E-state index contributed by atoms with van der Waals surface area (Å²) in [6.07, 6.45) is 2.42.